The van der Waals surface area contributed by atoms with Crippen LogP contribution in [-0.2, 0) is 0 Å². The van der Waals surface area contributed by atoms with Crippen LogP contribution in [0.25, 0.3) is 5.82 Å². The molecule has 0 saturated carbocycles. The van der Waals surface area contributed by atoms with Crippen LogP contribution in [0.15, 0.2) is 37.1 Å². The number of carbonyl (C=O) groups excluding carboxylic acids is 1. The Labute approximate surface area is 117 Å². The van der Waals surface area contributed by atoms with Gasteiger partial charge < -0.3 is 10.6 Å². The molecule has 1 saturated heterocycles. The molecule has 2 N–H and O–H groups in total. The quantitative estimate of drug-likeness (QED) is 0.877. The average molecular weight is 271 g/mol. The monoisotopic (exact) mass is 271 g/mol. The van der Waals surface area contributed by atoms with Gasteiger partial charge in [0.15, 0.2) is 0 Å². The summed E-state index contributed by atoms with van der Waals surface area (Å²) in [5.74, 6) is 0.749. The number of likely N-dealkylation sites (tertiary alicyclic amines) is 1. The second-order valence-corrected chi connectivity index (χ2v) is 5.03. The number of pyridine rings is 1. The van der Waals surface area contributed by atoms with Crippen LogP contribution in [0.4, 0.5) is 0 Å². The van der Waals surface area contributed by atoms with Gasteiger partial charge in [0.25, 0.3) is 5.91 Å². The molecule has 0 aliphatic carbocycles. The molecule has 3 rings (SSSR count). The molecule has 104 valence electrons. The van der Waals surface area contributed by atoms with Crippen molar-refractivity contribution in [3.8, 4) is 5.82 Å². The number of hydrogen-bond donors (Lipinski definition) is 1. The molecule has 2 aromatic heterocycles. The van der Waals surface area contributed by atoms with E-state index in [4.69, 9.17) is 5.73 Å². The fraction of sp³-hybridized carbons (Fsp3) is 0.357. The second kappa shape index (κ2) is 5.42. The number of nitrogens with two attached hydrogens (primary N) is 1. The molecule has 0 spiro atoms. The first-order chi connectivity index (χ1) is 9.74. The van der Waals surface area contributed by atoms with Crippen molar-refractivity contribution < 1.29 is 4.79 Å². The molecule has 1 atom stereocenters. The summed E-state index contributed by atoms with van der Waals surface area (Å²) in [6, 6.07) is 3.70. The van der Waals surface area contributed by atoms with Crippen LogP contribution in [0.2, 0.25) is 0 Å². The zero-order valence-corrected chi connectivity index (χ0v) is 11.1. The molecule has 1 unspecified atom stereocenters. The molecular formula is C14H17N5O. The minimum Gasteiger partial charge on any atom is -0.337 e. The first-order valence-corrected chi connectivity index (χ1v) is 6.73. The Morgan fingerprint density at radius 1 is 1.40 bits per heavy atom. The van der Waals surface area contributed by atoms with Gasteiger partial charge in [0.05, 0.1) is 5.56 Å². The molecule has 20 heavy (non-hydrogen) atoms. The maximum atomic E-state index is 12.4. The highest BCUT2D eigenvalue weighted by Crippen LogP contribution is 2.13. The van der Waals surface area contributed by atoms with E-state index in [9.17, 15) is 4.79 Å². The number of piperidine rings is 1. The Morgan fingerprint density at radius 2 is 2.30 bits per heavy atom. The molecule has 1 fully saturated rings. The van der Waals surface area contributed by atoms with E-state index in [-0.39, 0.29) is 11.9 Å². The zero-order valence-electron chi connectivity index (χ0n) is 11.1. The number of nitrogens with zero attached hydrogens (tertiary/aromatic N) is 4. The van der Waals surface area contributed by atoms with E-state index >= 15 is 0 Å². The highest BCUT2D eigenvalue weighted by atomic mass is 16.2. The van der Waals surface area contributed by atoms with Crippen molar-refractivity contribution in [2.45, 2.75) is 18.9 Å². The number of amides is 1. The minimum atomic E-state index is 0.00447. The maximum absolute atomic E-state index is 12.4. The van der Waals surface area contributed by atoms with Crippen LogP contribution in [0, 0.1) is 0 Å². The predicted octanol–water partition coefficient (Wildman–Crippen LogP) is 0.831. The number of rotatable bonds is 2. The number of carbonyl (C=O) groups is 1. The number of aromatic nitrogens is 3. The summed E-state index contributed by atoms with van der Waals surface area (Å²) in [5.41, 5.74) is 6.51. The van der Waals surface area contributed by atoms with Crippen molar-refractivity contribution in [2.75, 3.05) is 13.1 Å². The largest absolute Gasteiger partial charge is 0.337 e. The molecule has 0 radical (unpaired) electrons. The SMILES string of the molecule is NC1CCCN(C(=O)c2ccc(-n3ccnc3)nc2)C1. The van der Waals surface area contributed by atoms with E-state index in [0.717, 1.165) is 25.2 Å². The molecule has 1 amide bonds. The van der Waals surface area contributed by atoms with Crippen LogP contribution in [0.3, 0.4) is 0 Å². The zero-order chi connectivity index (χ0) is 13.9. The van der Waals surface area contributed by atoms with Gasteiger partial charge in [0.2, 0.25) is 0 Å². The van der Waals surface area contributed by atoms with Gasteiger partial charge in [-0.25, -0.2) is 9.97 Å². The molecule has 1 aliphatic heterocycles. The summed E-state index contributed by atoms with van der Waals surface area (Å²) < 4.78 is 1.80. The van der Waals surface area contributed by atoms with E-state index in [1.807, 2.05) is 17.2 Å². The Kier molecular flexibility index (Phi) is 3.47. The van der Waals surface area contributed by atoms with Crippen LogP contribution < -0.4 is 5.73 Å². The first-order valence-electron chi connectivity index (χ1n) is 6.73. The lowest BCUT2D eigenvalue weighted by Crippen LogP contribution is -2.45. The minimum absolute atomic E-state index is 0.00447. The Balaban J connectivity index is 1.75. The van der Waals surface area contributed by atoms with E-state index in [2.05, 4.69) is 9.97 Å². The van der Waals surface area contributed by atoms with Gasteiger partial charge >= 0.3 is 0 Å². The van der Waals surface area contributed by atoms with Crippen LogP contribution in [0.1, 0.15) is 23.2 Å². The van der Waals surface area contributed by atoms with Gasteiger partial charge in [-0.05, 0) is 25.0 Å². The number of hydrogen-bond acceptors (Lipinski definition) is 4. The summed E-state index contributed by atoms with van der Waals surface area (Å²) >= 11 is 0. The lowest BCUT2D eigenvalue weighted by Gasteiger charge is -2.30. The Morgan fingerprint density at radius 3 is 2.95 bits per heavy atom. The summed E-state index contributed by atoms with van der Waals surface area (Å²) in [6.07, 6.45) is 8.74. The highest BCUT2D eigenvalue weighted by molar-refractivity contribution is 5.94. The highest BCUT2D eigenvalue weighted by Gasteiger charge is 2.22. The van der Waals surface area contributed by atoms with Crippen molar-refractivity contribution in [3.05, 3.63) is 42.6 Å². The van der Waals surface area contributed by atoms with Crippen molar-refractivity contribution >= 4 is 5.91 Å². The maximum Gasteiger partial charge on any atom is 0.255 e. The Bertz CT molecular complexity index is 578. The first kappa shape index (κ1) is 12.8. The second-order valence-electron chi connectivity index (χ2n) is 5.03. The molecule has 3 heterocycles. The standard InChI is InChI=1S/C14H17N5O/c15-12-2-1-6-18(9-12)14(20)11-3-4-13(17-8-11)19-7-5-16-10-19/h3-5,7-8,10,12H,1-2,6,9,15H2. The molecule has 1 aliphatic rings. The Hall–Kier alpha value is -2.21. The van der Waals surface area contributed by atoms with Crippen LogP contribution in [-0.4, -0.2) is 44.5 Å². The van der Waals surface area contributed by atoms with Gasteiger partial charge in [0, 0.05) is 37.7 Å². The normalized spacial score (nSPS) is 19.1. The molecule has 0 aromatic carbocycles. The van der Waals surface area contributed by atoms with Crippen LogP contribution >= 0.6 is 0 Å². The molecular weight excluding hydrogens is 254 g/mol. The predicted molar refractivity (Wildman–Crippen MR) is 74.5 cm³/mol. The summed E-state index contributed by atoms with van der Waals surface area (Å²) in [5, 5.41) is 0. The third kappa shape index (κ3) is 2.55. The van der Waals surface area contributed by atoms with Crippen LogP contribution in [0.5, 0.6) is 0 Å². The van der Waals surface area contributed by atoms with Crippen molar-refractivity contribution in [2.24, 2.45) is 5.73 Å². The van der Waals surface area contributed by atoms with E-state index in [1.54, 1.807) is 29.4 Å². The van der Waals surface area contributed by atoms with Crippen molar-refractivity contribution in [1.82, 2.24) is 19.4 Å². The van der Waals surface area contributed by atoms with Gasteiger partial charge in [0.1, 0.15) is 12.1 Å². The summed E-state index contributed by atoms with van der Waals surface area (Å²) in [6.45, 7) is 1.40. The smallest absolute Gasteiger partial charge is 0.255 e. The van der Waals surface area contributed by atoms with E-state index in [0.29, 0.717) is 12.1 Å². The van der Waals surface area contributed by atoms with Crippen molar-refractivity contribution in [3.63, 3.8) is 0 Å². The molecule has 6 heteroatoms. The summed E-state index contributed by atoms with van der Waals surface area (Å²) in [4.78, 5) is 22.4. The average Bonchev–Trinajstić information content (AvgIpc) is 3.01. The lowest BCUT2D eigenvalue weighted by molar-refractivity contribution is 0.0708. The summed E-state index contributed by atoms with van der Waals surface area (Å²) in [7, 11) is 0. The van der Waals surface area contributed by atoms with Gasteiger partial charge in [-0.3, -0.25) is 9.36 Å². The molecule has 6 nitrogen and oxygen atoms in total. The van der Waals surface area contributed by atoms with E-state index < -0.39 is 0 Å². The fourth-order valence-electron chi connectivity index (χ4n) is 2.44. The van der Waals surface area contributed by atoms with E-state index in [1.165, 1.54) is 0 Å². The molecule has 0 bridgehead atoms. The van der Waals surface area contributed by atoms with Gasteiger partial charge in [-0.2, -0.15) is 0 Å². The fourth-order valence-corrected chi connectivity index (χ4v) is 2.44. The van der Waals surface area contributed by atoms with Gasteiger partial charge in [-0.15, -0.1) is 0 Å². The topological polar surface area (TPSA) is 77.0 Å². The van der Waals surface area contributed by atoms with Gasteiger partial charge in [-0.1, -0.05) is 0 Å². The molecule has 2 aromatic rings. The lowest BCUT2D eigenvalue weighted by atomic mass is 10.1. The third-order valence-electron chi connectivity index (χ3n) is 3.51. The van der Waals surface area contributed by atoms with Crippen molar-refractivity contribution in [1.29, 1.82) is 0 Å². The third-order valence-corrected chi connectivity index (χ3v) is 3.51. The number of imidazole rings is 1.